The van der Waals surface area contributed by atoms with Gasteiger partial charge in [-0.3, -0.25) is 4.79 Å². The molecule has 0 saturated heterocycles. The molecule has 0 aliphatic heterocycles. The molecule has 0 N–H and O–H groups in total. The van der Waals surface area contributed by atoms with Gasteiger partial charge in [-0.2, -0.15) is 0 Å². The van der Waals surface area contributed by atoms with Gasteiger partial charge in [-0.05, 0) is 18.4 Å². The normalized spacial score (nSPS) is 22.8. The highest BCUT2D eigenvalue weighted by molar-refractivity contribution is 5.86. The summed E-state index contributed by atoms with van der Waals surface area (Å²) in [5.41, 5.74) is 0.970. The van der Waals surface area contributed by atoms with Crippen molar-refractivity contribution in [1.29, 1.82) is 0 Å². The highest BCUT2D eigenvalue weighted by Gasteiger charge is 2.30. The summed E-state index contributed by atoms with van der Waals surface area (Å²) in [7, 11) is 0. The molecule has 84 valence electrons. The van der Waals surface area contributed by atoms with Gasteiger partial charge in [0.05, 0.1) is 0 Å². The van der Waals surface area contributed by atoms with Crippen molar-refractivity contribution in [2.45, 2.75) is 31.6 Å². The van der Waals surface area contributed by atoms with Crippen LogP contribution >= 0.6 is 0 Å². The van der Waals surface area contributed by atoms with Crippen molar-refractivity contribution in [2.24, 2.45) is 5.92 Å². The van der Waals surface area contributed by atoms with Gasteiger partial charge in [0.1, 0.15) is 12.1 Å². The van der Waals surface area contributed by atoms with Gasteiger partial charge in [0.25, 0.3) is 0 Å². The van der Waals surface area contributed by atoms with Gasteiger partial charge in [0, 0.05) is 18.3 Å². The Morgan fingerprint density at radius 1 is 1.19 bits per heavy atom. The van der Waals surface area contributed by atoms with E-state index in [1.165, 1.54) is 0 Å². The molecule has 0 aromatic heterocycles. The Bertz CT molecular complexity index is 370. The molecule has 1 aliphatic rings. The summed E-state index contributed by atoms with van der Waals surface area (Å²) in [4.78, 5) is 23.0. The third-order valence-corrected chi connectivity index (χ3v) is 3.37. The van der Waals surface area contributed by atoms with E-state index in [1.54, 1.807) is 0 Å². The van der Waals surface area contributed by atoms with Crippen LogP contribution in [-0.2, 0) is 9.59 Å². The van der Waals surface area contributed by atoms with E-state index in [0.717, 1.165) is 31.1 Å². The molecule has 0 spiro atoms. The van der Waals surface area contributed by atoms with Crippen LogP contribution in [-0.4, -0.2) is 12.1 Å². The number of carbonyl (C=O) groups excluding carboxylic acids is 2. The van der Waals surface area contributed by atoms with E-state index in [0.29, 0.717) is 6.42 Å². The summed E-state index contributed by atoms with van der Waals surface area (Å²) < 4.78 is 0. The van der Waals surface area contributed by atoms with Crippen LogP contribution in [0.1, 0.15) is 37.2 Å². The predicted molar refractivity (Wildman–Crippen MR) is 62.2 cm³/mol. The zero-order chi connectivity index (χ0) is 11.4. The smallest absolute Gasteiger partial charge is 0.137 e. The number of ketones is 1. The Balaban J connectivity index is 2.22. The van der Waals surface area contributed by atoms with Crippen LogP contribution in [0.3, 0.4) is 0 Å². The van der Waals surface area contributed by atoms with Crippen molar-refractivity contribution in [2.75, 3.05) is 0 Å². The van der Waals surface area contributed by atoms with Crippen LogP contribution in [0.25, 0.3) is 0 Å². The third-order valence-electron chi connectivity index (χ3n) is 3.37. The first kappa shape index (κ1) is 11.1. The molecule has 1 aliphatic carbocycles. The lowest BCUT2D eigenvalue weighted by Crippen LogP contribution is -2.26. The maximum Gasteiger partial charge on any atom is 0.137 e. The third kappa shape index (κ3) is 2.21. The van der Waals surface area contributed by atoms with Gasteiger partial charge in [-0.25, -0.2) is 0 Å². The standard InChI is InChI=1S/C14H16O2/c15-10-13(11-6-2-1-3-7-11)12-8-4-5-9-14(12)16/h1-3,6-7,10,12-13H,4-5,8-9H2/t12-,13-/m0/s1. The molecule has 1 fully saturated rings. The highest BCUT2D eigenvalue weighted by Crippen LogP contribution is 2.32. The fourth-order valence-electron chi connectivity index (χ4n) is 2.47. The Morgan fingerprint density at radius 2 is 1.94 bits per heavy atom. The van der Waals surface area contributed by atoms with E-state index in [2.05, 4.69) is 0 Å². The van der Waals surface area contributed by atoms with Crippen molar-refractivity contribution in [3.63, 3.8) is 0 Å². The minimum Gasteiger partial charge on any atom is -0.303 e. The zero-order valence-corrected chi connectivity index (χ0v) is 9.26. The molecule has 1 aromatic carbocycles. The van der Waals surface area contributed by atoms with Gasteiger partial charge in [-0.15, -0.1) is 0 Å². The van der Waals surface area contributed by atoms with Crippen molar-refractivity contribution in [3.8, 4) is 0 Å². The summed E-state index contributed by atoms with van der Waals surface area (Å²) >= 11 is 0. The molecule has 0 radical (unpaired) electrons. The molecule has 2 heteroatoms. The number of benzene rings is 1. The lowest BCUT2D eigenvalue weighted by Gasteiger charge is -2.25. The fraction of sp³-hybridized carbons (Fsp3) is 0.429. The number of carbonyl (C=O) groups is 2. The summed E-state index contributed by atoms with van der Waals surface area (Å²) in [5, 5.41) is 0. The second-order valence-electron chi connectivity index (χ2n) is 4.39. The maximum absolute atomic E-state index is 11.8. The Kier molecular flexibility index (Phi) is 3.50. The summed E-state index contributed by atoms with van der Waals surface area (Å²) in [5.74, 6) is -0.0742. The molecule has 2 rings (SSSR count). The molecule has 0 heterocycles. The highest BCUT2D eigenvalue weighted by atomic mass is 16.1. The number of hydrogen-bond donors (Lipinski definition) is 0. The minimum atomic E-state index is -0.242. The number of hydrogen-bond acceptors (Lipinski definition) is 2. The maximum atomic E-state index is 11.8. The molecule has 1 aromatic rings. The number of aldehydes is 1. The second-order valence-corrected chi connectivity index (χ2v) is 4.39. The molecular weight excluding hydrogens is 200 g/mol. The molecule has 2 nitrogen and oxygen atoms in total. The topological polar surface area (TPSA) is 34.1 Å². The Labute approximate surface area is 95.7 Å². The summed E-state index contributed by atoms with van der Waals surface area (Å²) in [6, 6.07) is 9.62. The zero-order valence-electron chi connectivity index (χ0n) is 9.26. The predicted octanol–water partition coefficient (Wildman–Crippen LogP) is 2.73. The van der Waals surface area contributed by atoms with Crippen LogP contribution in [0.2, 0.25) is 0 Å². The Morgan fingerprint density at radius 3 is 2.56 bits per heavy atom. The van der Waals surface area contributed by atoms with Crippen LogP contribution in [0.15, 0.2) is 30.3 Å². The van der Waals surface area contributed by atoms with Crippen LogP contribution in [0, 0.1) is 5.92 Å². The van der Waals surface area contributed by atoms with Crippen LogP contribution in [0.5, 0.6) is 0 Å². The van der Waals surface area contributed by atoms with Crippen molar-refractivity contribution in [3.05, 3.63) is 35.9 Å². The van der Waals surface area contributed by atoms with Gasteiger partial charge < -0.3 is 4.79 Å². The SMILES string of the molecule is O=C[C@@H](c1ccccc1)[C@@H]1CCCCC1=O. The molecule has 0 unspecified atom stereocenters. The van der Waals surface area contributed by atoms with Crippen LogP contribution in [0.4, 0.5) is 0 Å². The number of rotatable bonds is 3. The van der Waals surface area contributed by atoms with E-state index in [-0.39, 0.29) is 17.6 Å². The van der Waals surface area contributed by atoms with E-state index in [4.69, 9.17) is 0 Å². The van der Waals surface area contributed by atoms with Crippen molar-refractivity contribution < 1.29 is 9.59 Å². The first-order chi connectivity index (χ1) is 7.83. The molecule has 1 saturated carbocycles. The average Bonchev–Trinajstić information content (AvgIpc) is 2.34. The number of Topliss-reactive ketones (excluding diaryl/α,β-unsaturated/α-hetero) is 1. The van der Waals surface area contributed by atoms with Gasteiger partial charge >= 0.3 is 0 Å². The lowest BCUT2D eigenvalue weighted by atomic mass is 9.77. The van der Waals surface area contributed by atoms with Crippen molar-refractivity contribution >= 4 is 12.1 Å². The van der Waals surface area contributed by atoms with Gasteiger partial charge in [0.2, 0.25) is 0 Å². The molecule has 0 amide bonds. The summed E-state index contributed by atoms with van der Waals surface area (Å²) in [6.07, 6.45) is 4.48. The largest absolute Gasteiger partial charge is 0.303 e. The van der Waals surface area contributed by atoms with Crippen LogP contribution < -0.4 is 0 Å². The minimum absolute atomic E-state index is 0.0892. The average molecular weight is 216 g/mol. The molecule has 16 heavy (non-hydrogen) atoms. The first-order valence-electron chi connectivity index (χ1n) is 5.86. The molecular formula is C14H16O2. The molecule has 0 bridgehead atoms. The van der Waals surface area contributed by atoms with E-state index < -0.39 is 0 Å². The van der Waals surface area contributed by atoms with Gasteiger partial charge in [-0.1, -0.05) is 36.8 Å². The second kappa shape index (κ2) is 5.06. The lowest BCUT2D eigenvalue weighted by molar-refractivity contribution is -0.127. The summed E-state index contributed by atoms with van der Waals surface area (Å²) in [6.45, 7) is 0. The Hall–Kier alpha value is -1.44. The molecule has 2 atom stereocenters. The van der Waals surface area contributed by atoms with Gasteiger partial charge in [0.15, 0.2) is 0 Å². The first-order valence-corrected chi connectivity index (χ1v) is 5.86. The van der Waals surface area contributed by atoms with E-state index in [1.807, 2.05) is 30.3 Å². The fourth-order valence-corrected chi connectivity index (χ4v) is 2.47. The van der Waals surface area contributed by atoms with E-state index in [9.17, 15) is 9.59 Å². The van der Waals surface area contributed by atoms with E-state index >= 15 is 0 Å². The van der Waals surface area contributed by atoms with Crippen molar-refractivity contribution in [1.82, 2.24) is 0 Å². The monoisotopic (exact) mass is 216 g/mol. The quantitative estimate of drug-likeness (QED) is 0.728.